The summed E-state index contributed by atoms with van der Waals surface area (Å²) in [5.74, 6) is -0.441. The van der Waals surface area contributed by atoms with Crippen LogP contribution in [0.4, 0.5) is 0 Å². The van der Waals surface area contributed by atoms with Gasteiger partial charge < -0.3 is 15.3 Å². The summed E-state index contributed by atoms with van der Waals surface area (Å²) < 4.78 is 5.04. The molecule has 72 valence electrons. The molecule has 1 atom stereocenters. The predicted molar refractivity (Wildman–Crippen MR) is 47.1 cm³/mol. The van der Waals surface area contributed by atoms with Crippen molar-refractivity contribution in [3.8, 4) is 0 Å². The number of furan rings is 1. The van der Waals surface area contributed by atoms with Crippen molar-refractivity contribution in [2.24, 2.45) is 11.1 Å². The van der Waals surface area contributed by atoms with Crippen molar-refractivity contribution in [1.82, 2.24) is 0 Å². The van der Waals surface area contributed by atoms with Crippen LogP contribution in [0.1, 0.15) is 25.6 Å². The summed E-state index contributed by atoms with van der Waals surface area (Å²) in [7, 11) is 0. The van der Waals surface area contributed by atoms with E-state index in [0.717, 1.165) is 0 Å². The Hall–Kier alpha value is -1.29. The molecule has 1 aromatic rings. The number of carbonyl (C=O) groups is 1. The van der Waals surface area contributed by atoms with Crippen molar-refractivity contribution in [2.75, 3.05) is 0 Å². The van der Waals surface area contributed by atoms with Crippen LogP contribution in [-0.2, 0) is 4.79 Å². The summed E-state index contributed by atoms with van der Waals surface area (Å²) >= 11 is 0. The Bertz CT molecular complexity index is 290. The van der Waals surface area contributed by atoms with Gasteiger partial charge in [-0.25, -0.2) is 0 Å². The van der Waals surface area contributed by atoms with Gasteiger partial charge in [0.15, 0.2) is 0 Å². The zero-order valence-electron chi connectivity index (χ0n) is 7.65. The van der Waals surface area contributed by atoms with E-state index < -0.39 is 17.4 Å². The van der Waals surface area contributed by atoms with Crippen LogP contribution in [0.15, 0.2) is 22.8 Å². The Kier molecular flexibility index (Phi) is 2.43. The quantitative estimate of drug-likeness (QED) is 0.742. The Labute approximate surface area is 76.3 Å². The highest BCUT2D eigenvalue weighted by molar-refractivity contribution is 5.74. The van der Waals surface area contributed by atoms with Gasteiger partial charge in [0.25, 0.3) is 0 Å². The lowest BCUT2D eigenvalue weighted by atomic mass is 9.84. The lowest BCUT2D eigenvalue weighted by Crippen LogP contribution is -2.36. The van der Waals surface area contributed by atoms with Gasteiger partial charge in [0.1, 0.15) is 5.76 Å². The van der Waals surface area contributed by atoms with E-state index in [9.17, 15) is 4.79 Å². The predicted octanol–water partition coefficient (Wildman–Crippen LogP) is 1.39. The third kappa shape index (κ3) is 1.72. The van der Waals surface area contributed by atoms with E-state index in [1.165, 1.54) is 6.26 Å². The van der Waals surface area contributed by atoms with Crippen LogP contribution in [0.5, 0.6) is 0 Å². The third-order valence-corrected chi connectivity index (χ3v) is 2.18. The van der Waals surface area contributed by atoms with E-state index in [-0.39, 0.29) is 0 Å². The van der Waals surface area contributed by atoms with Gasteiger partial charge in [-0.1, -0.05) is 0 Å². The highest BCUT2D eigenvalue weighted by Crippen LogP contribution is 2.31. The molecular weight excluding hydrogens is 170 g/mol. The molecule has 0 amide bonds. The second-order valence-electron chi connectivity index (χ2n) is 3.52. The maximum atomic E-state index is 10.8. The van der Waals surface area contributed by atoms with Crippen molar-refractivity contribution in [2.45, 2.75) is 19.9 Å². The molecule has 1 unspecified atom stereocenters. The van der Waals surface area contributed by atoms with Crippen LogP contribution in [-0.4, -0.2) is 11.1 Å². The van der Waals surface area contributed by atoms with Crippen molar-refractivity contribution >= 4 is 5.97 Å². The second kappa shape index (κ2) is 3.22. The summed E-state index contributed by atoms with van der Waals surface area (Å²) in [6, 6.07) is 2.74. The van der Waals surface area contributed by atoms with Gasteiger partial charge in [0.05, 0.1) is 17.7 Å². The standard InChI is InChI=1S/C9H13NO3/c1-9(2,8(11)12)7(10)6-4-3-5-13-6/h3-5,7H,10H2,1-2H3,(H,11,12). The lowest BCUT2D eigenvalue weighted by Gasteiger charge is -2.24. The SMILES string of the molecule is CC(C)(C(=O)O)C(N)c1ccco1. The molecule has 0 aromatic carbocycles. The molecule has 1 rings (SSSR count). The molecule has 0 saturated heterocycles. The first-order valence-electron chi connectivity index (χ1n) is 3.98. The first-order chi connectivity index (χ1) is 5.96. The Morgan fingerprint density at radius 2 is 2.31 bits per heavy atom. The first-order valence-corrected chi connectivity index (χ1v) is 3.98. The van der Waals surface area contributed by atoms with Crippen molar-refractivity contribution in [3.05, 3.63) is 24.2 Å². The molecule has 0 saturated carbocycles. The van der Waals surface area contributed by atoms with Gasteiger partial charge >= 0.3 is 5.97 Å². The fourth-order valence-electron chi connectivity index (χ4n) is 0.957. The second-order valence-corrected chi connectivity index (χ2v) is 3.52. The van der Waals surface area contributed by atoms with Gasteiger partial charge in [-0.3, -0.25) is 4.79 Å². The van der Waals surface area contributed by atoms with Gasteiger partial charge in [-0.2, -0.15) is 0 Å². The molecule has 0 aliphatic carbocycles. The summed E-state index contributed by atoms with van der Waals surface area (Å²) in [6.07, 6.45) is 1.48. The molecular formula is C9H13NO3. The van der Waals surface area contributed by atoms with E-state index >= 15 is 0 Å². The highest BCUT2D eigenvalue weighted by atomic mass is 16.4. The number of rotatable bonds is 3. The van der Waals surface area contributed by atoms with Crippen LogP contribution in [0.25, 0.3) is 0 Å². The molecule has 0 bridgehead atoms. The number of carboxylic acids is 1. The van der Waals surface area contributed by atoms with E-state index in [0.29, 0.717) is 5.76 Å². The minimum Gasteiger partial charge on any atom is -0.481 e. The topological polar surface area (TPSA) is 76.5 Å². The molecule has 13 heavy (non-hydrogen) atoms. The zero-order valence-corrected chi connectivity index (χ0v) is 7.65. The van der Waals surface area contributed by atoms with E-state index in [1.54, 1.807) is 26.0 Å². The lowest BCUT2D eigenvalue weighted by molar-refractivity contribution is -0.148. The van der Waals surface area contributed by atoms with Gasteiger partial charge in [-0.15, -0.1) is 0 Å². The molecule has 0 fully saturated rings. The molecule has 4 heteroatoms. The van der Waals surface area contributed by atoms with Crippen LogP contribution in [0, 0.1) is 5.41 Å². The van der Waals surface area contributed by atoms with Gasteiger partial charge in [0.2, 0.25) is 0 Å². The molecule has 1 heterocycles. The molecule has 1 aromatic heterocycles. The van der Waals surface area contributed by atoms with Crippen molar-refractivity contribution in [3.63, 3.8) is 0 Å². The molecule has 0 spiro atoms. The zero-order chi connectivity index (χ0) is 10.1. The summed E-state index contributed by atoms with van der Waals surface area (Å²) in [6.45, 7) is 3.14. The van der Waals surface area contributed by atoms with Gasteiger partial charge in [0, 0.05) is 0 Å². The smallest absolute Gasteiger partial charge is 0.311 e. The average molecular weight is 183 g/mol. The maximum absolute atomic E-state index is 10.8. The van der Waals surface area contributed by atoms with Crippen LogP contribution in [0.3, 0.4) is 0 Å². The van der Waals surface area contributed by atoms with Crippen LogP contribution >= 0.6 is 0 Å². The molecule has 0 aliphatic heterocycles. The van der Waals surface area contributed by atoms with E-state index in [2.05, 4.69) is 0 Å². The molecule has 4 nitrogen and oxygen atoms in total. The van der Waals surface area contributed by atoms with Crippen LogP contribution < -0.4 is 5.73 Å². The van der Waals surface area contributed by atoms with Crippen LogP contribution in [0.2, 0.25) is 0 Å². The highest BCUT2D eigenvalue weighted by Gasteiger charge is 2.36. The normalized spacial score (nSPS) is 14.1. The Morgan fingerprint density at radius 3 is 2.69 bits per heavy atom. The average Bonchev–Trinajstić information content (AvgIpc) is 2.54. The van der Waals surface area contributed by atoms with E-state index in [4.69, 9.17) is 15.3 Å². The molecule has 0 aliphatic rings. The molecule has 0 radical (unpaired) electrons. The largest absolute Gasteiger partial charge is 0.481 e. The van der Waals surface area contributed by atoms with Crippen molar-refractivity contribution < 1.29 is 14.3 Å². The number of aliphatic carboxylic acids is 1. The number of nitrogens with two attached hydrogens (primary N) is 1. The Morgan fingerprint density at radius 1 is 1.69 bits per heavy atom. The van der Waals surface area contributed by atoms with E-state index in [1.807, 2.05) is 0 Å². The molecule has 3 N–H and O–H groups in total. The first kappa shape index (κ1) is 9.80. The summed E-state index contributed by atoms with van der Waals surface area (Å²) in [4.78, 5) is 10.8. The number of hydrogen-bond acceptors (Lipinski definition) is 3. The minimum absolute atomic E-state index is 0.493. The number of hydrogen-bond donors (Lipinski definition) is 2. The monoisotopic (exact) mass is 183 g/mol. The fourth-order valence-corrected chi connectivity index (χ4v) is 0.957. The maximum Gasteiger partial charge on any atom is 0.311 e. The summed E-state index contributed by atoms with van der Waals surface area (Å²) in [5.41, 5.74) is 4.73. The minimum atomic E-state index is -1.02. The fraction of sp³-hybridized carbons (Fsp3) is 0.444. The van der Waals surface area contributed by atoms with Crippen molar-refractivity contribution in [1.29, 1.82) is 0 Å². The summed E-state index contributed by atoms with van der Waals surface area (Å²) in [5, 5.41) is 8.89. The Balaban J connectivity index is 2.90. The van der Waals surface area contributed by atoms with Gasteiger partial charge in [-0.05, 0) is 26.0 Å². The number of carboxylic acid groups (broad SMARTS) is 1. The third-order valence-electron chi connectivity index (χ3n) is 2.18.